The van der Waals surface area contributed by atoms with Gasteiger partial charge >= 0.3 is 6.03 Å². The Bertz CT molecular complexity index is 949. The number of rotatable bonds is 6. The Morgan fingerprint density at radius 3 is 2.29 bits per heavy atom. The normalized spacial score (nSPS) is 27.5. The summed E-state index contributed by atoms with van der Waals surface area (Å²) in [5.41, 5.74) is 2.11. The number of carbonyl (C=O) groups is 5. The van der Waals surface area contributed by atoms with Crippen LogP contribution in [0.2, 0.25) is 0 Å². The molecular weight excluding hydrogens is 400 g/mol. The highest BCUT2D eigenvalue weighted by atomic mass is 16.2. The molecule has 9 nitrogen and oxygen atoms in total. The lowest BCUT2D eigenvalue weighted by Crippen LogP contribution is -2.52. The fraction of sp³-hybridized carbons (Fsp3) is 0.409. The quantitative estimate of drug-likeness (QED) is 0.400. The summed E-state index contributed by atoms with van der Waals surface area (Å²) in [5, 5.41) is 3.26. The Morgan fingerprint density at radius 2 is 1.68 bits per heavy atom. The average Bonchev–Trinajstić information content (AvgIpc) is 3.13. The minimum Gasteiger partial charge on any atom is -0.322 e. The molecule has 1 aliphatic carbocycles. The topological polar surface area (TPSA) is 116 Å². The smallest absolute Gasteiger partial charge is 0.322 e. The van der Waals surface area contributed by atoms with Crippen molar-refractivity contribution in [3.63, 3.8) is 0 Å². The van der Waals surface area contributed by atoms with Crippen molar-refractivity contribution in [2.45, 2.75) is 38.1 Å². The van der Waals surface area contributed by atoms with E-state index in [1.165, 1.54) is 0 Å². The van der Waals surface area contributed by atoms with Crippen LogP contribution in [0.3, 0.4) is 0 Å². The maximum absolute atomic E-state index is 12.8. The molecule has 1 aromatic rings. The number of hydrogen-bond donors (Lipinski definition) is 2. The summed E-state index contributed by atoms with van der Waals surface area (Å²) < 4.78 is 0. The summed E-state index contributed by atoms with van der Waals surface area (Å²) >= 11 is 0. The van der Waals surface area contributed by atoms with Crippen LogP contribution < -0.4 is 10.7 Å². The summed E-state index contributed by atoms with van der Waals surface area (Å²) in [6, 6.07) is 8.80. The molecule has 2 heterocycles. The number of carbonyl (C=O) groups excluding carboxylic acids is 5. The van der Waals surface area contributed by atoms with Crippen molar-refractivity contribution in [1.82, 2.24) is 20.7 Å². The van der Waals surface area contributed by atoms with Crippen LogP contribution in [0.15, 0.2) is 42.5 Å². The van der Waals surface area contributed by atoms with Crippen LogP contribution in [0.5, 0.6) is 0 Å². The molecule has 0 radical (unpaired) electrons. The van der Waals surface area contributed by atoms with E-state index < -0.39 is 41.8 Å². The molecule has 2 N–H and O–H groups in total. The Hall–Kier alpha value is -3.49. The molecule has 6 amide bonds. The minimum atomic E-state index is -1.17. The number of urea groups is 1. The van der Waals surface area contributed by atoms with E-state index in [0.717, 1.165) is 10.5 Å². The summed E-state index contributed by atoms with van der Waals surface area (Å²) in [6.07, 6.45) is 5.59. The number of amides is 6. The average molecular weight is 424 g/mol. The van der Waals surface area contributed by atoms with Crippen LogP contribution in [0.25, 0.3) is 0 Å². The van der Waals surface area contributed by atoms with Crippen LogP contribution in [-0.2, 0) is 25.6 Å². The van der Waals surface area contributed by atoms with Gasteiger partial charge in [0.2, 0.25) is 11.8 Å². The second kappa shape index (κ2) is 7.98. The van der Waals surface area contributed by atoms with E-state index >= 15 is 0 Å². The van der Waals surface area contributed by atoms with Crippen molar-refractivity contribution in [3.05, 3.63) is 48.0 Å². The third kappa shape index (κ3) is 3.83. The van der Waals surface area contributed by atoms with Gasteiger partial charge < -0.3 is 5.32 Å². The van der Waals surface area contributed by atoms with Crippen molar-refractivity contribution in [2.75, 3.05) is 6.54 Å². The monoisotopic (exact) mass is 424 g/mol. The zero-order valence-electron chi connectivity index (χ0n) is 17.2. The highest BCUT2D eigenvalue weighted by Gasteiger charge is 2.50. The van der Waals surface area contributed by atoms with Crippen LogP contribution in [-0.4, -0.2) is 51.7 Å². The zero-order valence-corrected chi connectivity index (χ0v) is 17.2. The van der Waals surface area contributed by atoms with Crippen LogP contribution in [0.1, 0.15) is 31.7 Å². The Labute approximate surface area is 179 Å². The minimum absolute atomic E-state index is 0.355. The van der Waals surface area contributed by atoms with Crippen LogP contribution >= 0.6 is 0 Å². The van der Waals surface area contributed by atoms with Gasteiger partial charge in [0.05, 0.1) is 11.8 Å². The molecule has 1 aromatic carbocycles. The van der Waals surface area contributed by atoms with Gasteiger partial charge in [0.15, 0.2) is 0 Å². The van der Waals surface area contributed by atoms with Crippen LogP contribution in [0, 0.1) is 11.8 Å². The maximum Gasteiger partial charge on any atom is 0.344 e. The van der Waals surface area contributed by atoms with Gasteiger partial charge in [-0.3, -0.25) is 29.5 Å². The van der Waals surface area contributed by atoms with E-state index in [0.29, 0.717) is 30.7 Å². The largest absolute Gasteiger partial charge is 0.344 e. The maximum atomic E-state index is 12.8. The SMILES string of the molecule is C[C@]1(CCc2ccccc2)NC(=O)N(NC(=O)CN2C(=O)[C@@H]3CC=CC[C@H]3C2=O)C1=O. The molecule has 0 bridgehead atoms. The number of likely N-dealkylation sites (tertiary alicyclic amines) is 1. The highest BCUT2D eigenvalue weighted by Crippen LogP contribution is 2.34. The number of nitrogens with one attached hydrogen (secondary N) is 2. The summed E-state index contributed by atoms with van der Waals surface area (Å²) in [7, 11) is 0. The summed E-state index contributed by atoms with van der Waals surface area (Å²) in [4.78, 5) is 63.6. The lowest BCUT2D eigenvalue weighted by Gasteiger charge is -2.22. The Balaban J connectivity index is 1.37. The third-order valence-corrected chi connectivity index (χ3v) is 6.15. The van der Waals surface area contributed by atoms with Gasteiger partial charge in [-0.15, -0.1) is 0 Å². The molecule has 0 spiro atoms. The number of hydrogen-bond acceptors (Lipinski definition) is 5. The van der Waals surface area contributed by atoms with E-state index in [-0.39, 0.29) is 11.8 Å². The Kier molecular flexibility index (Phi) is 5.34. The number of aryl methyl sites for hydroxylation is 1. The van der Waals surface area contributed by atoms with E-state index in [4.69, 9.17) is 0 Å². The molecule has 0 saturated carbocycles. The molecular formula is C22H24N4O5. The van der Waals surface area contributed by atoms with E-state index in [9.17, 15) is 24.0 Å². The number of fused-ring (bicyclic) bond motifs is 1. The third-order valence-electron chi connectivity index (χ3n) is 6.15. The lowest BCUT2D eigenvalue weighted by molar-refractivity contribution is -0.145. The van der Waals surface area contributed by atoms with Gasteiger partial charge in [-0.25, -0.2) is 4.79 Å². The summed E-state index contributed by atoms with van der Waals surface area (Å²) in [5.74, 6) is -3.02. The molecule has 162 valence electrons. The van der Waals surface area contributed by atoms with Crippen LogP contribution in [0.4, 0.5) is 4.79 Å². The van der Waals surface area contributed by atoms with Gasteiger partial charge in [0.1, 0.15) is 12.1 Å². The first-order chi connectivity index (χ1) is 14.8. The first-order valence-corrected chi connectivity index (χ1v) is 10.3. The number of imide groups is 2. The van der Waals surface area contributed by atoms with E-state index in [1.807, 2.05) is 42.5 Å². The fourth-order valence-electron chi connectivity index (χ4n) is 4.32. The predicted molar refractivity (Wildman–Crippen MR) is 109 cm³/mol. The number of hydrazine groups is 1. The van der Waals surface area contributed by atoms with Crippen molar-refractivity contribution in [3.8, 4) is 0 Å². The van der Waals surface area contributed by atoms with Crippen molar-refractivity contribution < 1.29 is 24.0 Å². The molecule has 2 fully saturated rings. The van der Waals surface area contributed by atoms with Crippen molar-refractivity contribution >= 4 is 29.7 Å². The fourth-order valence-corrected chi connectivity index (χ4v) is 4.32. The molecule has 2 saturated heterocycles. The van der Waals surface area contributed by atoms with Crippen molar-refractivity contribution in [1.29, 1.82) is 0 Å². The standard InChI is InChI=1S/C22H24N4O5/c1-22(12-11-14-7-3-2-4-8-14)20(30)26(21(31)23-22)24-17(27)13-25-18(28)15-9-5-6-10-16(15)19(25)29/h2-8,15-16H,9-13H2,1H3,(H,23,31)(H,24,27)/t15-,16-,22-/m1/s1. The predicted octanol–water partition coefficient (Wildman–Crippen LogP) is 0.912. The molecule has 9 heteroatoms. The first-order valence-electron chi connectivity index (χ1n) is 10.3. The lowest BCUT2D eigenvalue weighted by atomic mass is 9.85. The van der Waals surface area contributed by atoms with Gasteiger partial charge in [-0.05, 0) is 38.2 Å². The number of allylic oxidation sites excluding steroid dienone is 2. The van der Waals surface area contributed by atoms with Gasteiger partial charge in [-0.2, -0.15) is 5.01 Å². The Morgan fingerprint density at radius 1 is 1.06 bits per heavy atom. The first kappa shape index (κ1) is 20.8. The molecule has 0 aromatic heterocycles. The zero-order chi connectivity index (χ0) is 22.2. The number of benzene rings is 1. The van der Waals surface area contributed by atoms with E-state index in [1.54, 1.807) is 6.92 Å². The molecule has 3 atom stereocenters. The molecule has 4 rings (SSSR count). The highest BCUT2D eigenvalue weighted by molar-refractivity contribution is 6.09. The molecule has 3 aliphatic rings. The van der Waals surface area contributed by atoms with Crippen molar-refractivity contribution in [2.24, 2.45) is 11.8 Å². The van der Waals surface area contributed by atoms with Gasteiger partial charge in [0.25, 0.3) is 11.8 Å². The second-order valence-electron chi connectivity index (χ2n) is 8.34. The second-order valence-corrected chi connectivity index (χ2v) is 8.34. The van der Waals surface area contributed by atoms with E-state index in [2.05, 4.69) is 10.7 Å². The summed E-state index contributed by atoms with van der Waals surface area (Å²) in [6.45, 7) is 1.08. The van der Waals surface area contributed by atoms with Gasteiger partial charge in [-0.1, -0.05) is 42.5 Å². The molecule has 31 heavy (non-hydrogen) atoms. The molecule has 0 unspecified atom stereocenters. The molecule has 2 aliphatic heterocycles. The number of nitrogens with zero attached hydrogens (tertiary/aromatic N) is 2. The van der Waals surface area contributed by atoms with Gasteiger partial charge in [0, 0.05) is 0 Å².